The second-order valence-corrected chi connectivity index (χ2v) is 5.54. The van der Waals surface area contributed by atoms with Crippen LogP contribution in [0.4, 0.5) is 5.69 Å². The molecular weight excluding hydrogens is 232 g/mol. The Morgan fingerprint density at radius 1 is 1.00 bits per heavy atom. The van der Waals surface area contributed by atoms with Crippen molar-refractivity contribution in [1.29, 1.82) is 0 Å². The summed E-state index contributed by atoms with van der Waals surface area (Å²) in [6.45, 7) is 9.34. The van der Waals surface area contributed by atoms with E-state index in [1.54, 1.807) is 0 Å². The number of benzene rings is 1. The van der Waals surface area contributed by atoms with Crippen LogP contribution in [0, 0.1) is 0 Å². The molecule has 0 aliphatic rings. The highest BCUT2D eigenvalue weighted by Crippen LogP contribution is 2.13. The van der Waals surface area contributed by atoms with Crippen molar-refractivity contribution in [3.8, 4) is 0 Å². The van der Waals surface area contributed by atoms with Gasteiger partial charge in [-0.15, -0.1) is 0 Å². The van der Waals surface area contributed by atoms with E-state index in [1.807, 2.05) is 12.1 Å². The van der Waals surface area contributed by atoms with Gasteiger partial charge in [-0.3, -0.25) is 0 Å². The largest absolute Gasteiger partial charge is 0.399 e. The van der Waals surface area contributed by atoms with E-state index >= 15 is 0 Å². The van der Waals surface area contributed by atoms with E-state index in [0.29, 0.717) is 6.04 Å². The number of nitrogen functional groups attached to an aromatic ring is 1. The Labute approximate surface area is 119 Å². The Hall–Kier alpha value is -1.02. The highest BCUT2D eigenvalue weighted by molar-refractivity contribution is 5.39. The van der Waals surface area contributed by atoms with E-state index in [2.05, 4.69) is 37.8 Å². The maximum Gasteiger partial charge on any atom is 0.0314 e. The first-order valence-electron chi connectivity index (χ1n) is 7.75. The maximum absolute atomic E-state index is 5.74. The Bertz CT molecular complexity index is 324. The number of anilines is 1. The van der Waals surface area contributed by atoms with Crippen LogP contribution < -0.4 is 5.73 Å². The van der Waals surface area contributed by atoms with Crippen LogP contribution in [-0.4, -0.2) is 24.0 Å². The van der Waals surface area contributed by atoms with Gasteiger partial charge in [0, 0.05) is 11.7 Å². The smallest absolute Gasteiger partial charge is 0.0314 e. The monoisotopic (exact) mass is 262 g/mol. The highest BCUT2D eigenvalue weighted by Gasteiger charge is 2.13. The van der Waals surface area contributed by atoms with Crippen LogP contribution in [0.25, 0.3) is 0 Å². The molecule has 2 N–H and O–H groups in total. The van der Waals surface area contributed by atoms with Crippen LogP contribution in [0.1, 0.15) is 52.0 Å². The Morgan fingerprint density at radius 3 is 2.00 bits per heavy atom. The topological polar surface area (TPSA) is 29.3 Å². The fourth-order valence-electron chi connectivity index (χ4n) is 2.40. The molecule has 0 spiro atoms. The van der Waals surface area contributed by atoms with E-state index in [9.17, 15) is 0 Å². The Morgan fingerprint density at radius 2 is 1.53 bits per heavy atom. The fourth-order valence-corrected chi connectivity index (χ4v) is 2.40. The lowest BCUT2D eigenvalue weighted by Gasteiger charge is -2.29. The number of nitrogens with two attached hydrogens (primary N) is 1. The third kappa shape index (κ3) is 6.11. The molecule has 0 fully saturated rings. The second kappa shape index (κ2) is 8.98. The molecule has 0 aliphatic carbocycles. The van der Waals surface area contributed by atoms with Crippen molar-refractivity contribution in [2.45, 2.75) is 58.9 Å². The van der Waals surface area contributed by atoms with Crippen LogP contribution in [-0.2, 0) is 6.42 Å². The summed E-state index contributed by atoms with van der Waals surface area (Å²) in [5.41, 5.74) is 7.98. The van der Waals surface area contributed by atoms with Gasteiger partial charge in [0.05, 0.1) is 0 Å². The molecule has 1 aromatic carbocycles. The van der Waals surface area contributed by atoms with Gasteiger partial charge in [-0.25, -0.2) is 0 Å². The van der Waals surface area contributed by atoms with E-state index in [0.717, 1.165) is 12.1 Å². The summed E-state index contributed by atoms with van der Waals surface area (Å²) in [7, 11) is 0. The summed E-state index contributed by atoms with van der Waals surface area (Å²) >= 11 is 0. The molecule has 2 nitrogen and oxygen atoms in total. The van der Waals surface area contributed by atoms with Crippen LogP contribution in [0.2, 0.25) is 0 Å². The van der Waals surface area contributed by atoms with Gasteiger partial charge >= 0.3 is 0 Å². The average Bonchev–Trinajstić information content (AvgIpc) is 2.41. The summed E-state index contributed by atoms with van der Waals surface area (Å²) in [4.78, 5) is 2.64. The molecule has 0 saturated heterocycles. The Kier molecular flexibility index (Phi) is 7.57. The predicted molar refractivity (Wildman–Crippen MR) is 85.4 cm³/mol. The molecule has 1 rings (SSSR count). The number of rotatable bonds is 9. The molecule has 0 radical (unpaired) electrons. The molecule has 0 heterocycles. The van der Waals surface area contributed by atoms with Crippen LogP contribution >= 0.6 is 0 Å². The van der Waals surface area contributed by atoms with Crippen molar-refractivity contribution in [2.75, 3.05) is 18.8 Å². The van der Waals surface area contributed by atoms with Crippen LogP contribution in [0.3, 0.4) is 0 Å². The molecule has 0 aliphatic heterocycles. The summed E-state index contributed by atoms with van der Waals surface area (Å²) in [5, 5.41) is 0. The molecule has 1 atom stereocenters. The minimum absolute atomic E-state index is 0.613. The van der Waals surface area contributed by atoms with E-state index in [1.165, 1.54) is 44.3 Å². The first kappa shape index (κ1) is 16.0. The van der Waals surface area contributed by atoms with Crippen LogP contribution in [0.15, 0.2) is 24.3 Å². The van der Waals surface area contributed by atoms with Gasteiger partial charge in [0.15, 0.2) is 0 Å². The molecule has 0 amide bonds. The lowest BCUT2D eigenvalue weighted by molar-refractivity contribution is 0.201. The molecule has 2 heteroatoms. The SMILES string of the molecule is CCCCN(CCCC)C(C)Cc1ccc(N)cc1. The van der Waals surface area contributed by atoms with E-state index in [4.69, 9.17) is 5.73 Å². The van der Waals surface area contributed by atoms with Gasteiger partial charge in [0.25, 0.3) is 0 Å². The zero-order chi connectivity index (χ0) is 14.1. The molecule has 1 unspecified atom stereocenters. The van der Waals surface area contributed by atoms with E-state index in [-0.39, 0.29) is 0 Å². The minimum atomic E-state index is 0.613. The lowest BCUT2D eigenvalue weighted by atomic mass is 10.0. The maximum atomic E-state index is 5.74. The van der Waals surface area contributed by atoms with Gasteiger partial charge in [-0.05, 0) is 57.0 Å². The van der Waals surface area contributed by atoms with Crippen molar-refractivity contribution in [2.24, 2.45) is 0 Å². The first-order chi connectivity index (χ1) is 9.17. The van der Waals surface area contributed by atoms with Crippen molar-refractivity contribution in [3.63, 3.8) is 0 Å². The quantitative estimate of drug-likeness (QED) is 0.679. The van der Waals surface area contributed by atoms with Gasteiger partial charge in [-0.2, -0.15) is 0 Å². The summed E-state index contributed by atoms with van der Waals surface area (Å²) in [6, 6.07) is 8.93. The van der Waals surface area contributed by atoms with Gasteiger partial charge < -0.3 is 10.6 Å². The number of unbranched alkanes of at least 4 members (excludes halogenated alkanes) is 2. The normalized spacial score (nSPS) is 12.8. The standard InChI is InChI=1S/C17H30N2/c1-4-6-12-19(13-7-5-2)15(3)14-16-8-10-17(18)11-9-16/h8-11,15H,4-7,12-14,18H2,1-3H3. The van der Waals surface area contributed by atoms with Crippen molar-refractivity contribution < 1.29 is 0 Å². The molecule has 108 valence electrons. The third-order valence-electron chi connectivity index (χ3n) is 3.73. The van der Waals surface area contributed by atoms with Gasteiger partial charge in [0.1, 0.15) is 0 Å². The molecule has 19 heavy (non-hydrogen) atoms. The molecule has 0 bridgehead atoms. The summed E-state index contributed by atoms with van der Waals surface area (Å²) in [6.07, 6.45) is 6.27. The molecule has 1 aromatic rings. The van der Waals surface area contributed by atoms with Crippen molar-refractivity contribution in [1.82, 2.24) is 4.90 Å². The minimum Gasteiger partial charge on any atom is -0.399 e. The highest BCUT2D eigenvalue weighted by atomic mass is 15.1. The predicted octanol–water partition coefficient (Wildman–Crippen LogP) is 4.10. The summed E-state index contributed by atoms with van der Waals surface area (Å²) in [5.74, 6) is 0. The molecule has 0 saturated carbocycles. The first-order valence-corrected chi connectivity index (χ1v) is 7.75. The second-order valence-electron chi connectivity index (χ2n) is 5.54. The van der Waals surface area contributed by atoms with Crippen LogP contribution in [0.5, 0.6) is 0 Å². The third-order valence-corrected chi connectivity index (χ3v) is 3.73. The average molecular weight is 262 g/mol. The van der Waals surface area contributed by atoms with Crippen molar-refractivity contribution in [3.05, 3.63) is 29.8 Å². The fraction of sp³-hybridized carbons (Fsp3) is 0.647. The van der Waals surface area contributed by atoms with Gasteiger partial charge in [-0.1, -0.05) is 38.8 Å². The lowest BCUT2D eigenvalue weighted by Crippen LogP contribution is -2.36. The van der Waals surface area contributed by atoms with Gasteiger partial charge in [0.2, 0.25) is 0 Å². The zero-order valence-electron chi connectivity index (χ0n) is 12.9. The number of hydrogen-bond acceptors (Lipinski definition) is 2. The number of nitrogens with zero attached hydrogens (tertiary/aromatic N) is 1. The zero-order valence-corrected chi connectivity index (χ0v) is 12.9. The number of hydrogen-bond donors (Lipinski definition) is 1. The Balaban J connectivity index is 2.53. The van der Waals surface area contributed by atoms with E-state index < -0.39 is 0 Å². The van der Waals surface area contributed by atoms with Crippen molar-refractivity contribution >= 4 is 5.69 Å². The molecular formula is C17H30N2. The molecule has 0 aromatic heterocycles. The summed E-state index contributed by atoms with van der Waals surface area (Å²) < 4.78 is 0.